The lowest BCUT2D eigenvalue weighted by molar-refractivity contribution is 0.0657. The van der Waals surface area contributed by atoms with Crippen molar-refractivity contribution in [2.24, 2.45) is 4.99 Å². The van der Waals surface area contributed by atoms with Gasteiger partial charge in [-0.1, -0.05) is 6.07 Å². The van der Waals surface area contributed by atoms with Gasteiger partial charge in [-0.25, -0.2) is 9.98 Å². The number of carbonyl (C=O) groups excluding carboxylic acids is 1. The predicted octanol–water partition coefficient (Wildman–Crippen LogP) is 3.54. The number of furan rings is 1. The topological polar surface area (TPSA) is 87.1 Å². The van der Waals surface area contributed by atoms with Crippen molar-refractivity contribution in [2.45, 2.75) is 13.5 Å². The summed E-state index contributed by atoms with van der Waals surface area (Å²) < 4.78 is 10.8. The van der Waals surface area contributed by atoms with Crippen molar-refractivity contribution >= 4 is 47.2 Å². The maximum Gasteiger partial charge on any atom is 0.289 e. The number of piperazine rings is 1. The Hall–Kier alpha value is -2.34. The molecule has 1 amide bonds. The highest BCUT2D eigenvalue weighted by Gasteiger charge is 2.25. The van der Waals surface area contributed by atoms with Crippen molar-refractivity contribution in [1.29, 1.82) is 0 Å². The highest BCUT2D eigenvalue weighted by atomic mass is 127. The van der Waals surface area contributed by atoms with Gasteiger partial charge in [0.05, 0.1) is 17.7 Å². The first kappa shape index (κ1) is 22.3. The highest BCUT2D eigenvalue weighted by Crippen LogP contribution is 2.23. The summed E-state index contributed by atoms with van der Waals surface area (Å²) in [6, 6.07) is 7.38. The number of carbonyl (C=O) groups is 1. The SMILES string of the molecule is CCNC(=NCc1coc(-c2cccs2)n1)N1CCN(C(=O)c2ccco2)CC1.I. The monoisotopic (exact) mass is 541 g/mol. The average molecular weight is 541 g/mol. The third kappa shape index (κ3) is 5.22. The van der Waals surface area contributed by atoms with Gasteiger partial charge in [0.15, 0.2) is 11.7 Å². The fourth-order valence-electron chi connectivity index (χ4n) is 3.15. The van der Waals surface area contributed by atoms with Crippen LogP contribution in [0.15, 0.2) is 56.0 Å². The van der Waals surface area contributed by atoms with E-state index < -0.39 is 0 Å². The first-order valence-corrected chi connectivity index (χ1v) is 10.5. The first-order chi connectivity index (χ1) is 14.2. The number of amides is 1. The number of guanidine groups is 1. The Morgan fingerprint density at radius 1 is 1.20 bits per heavy atom. The molecule has 3 aromatic heterocycles. The summed E-state index contributed by atoms with van der Waals surface area (Å²) in [5, 5.41) is 5.32. The van der Waals surface area contributed by atoms with Gasteiger partial charge in [-0.3, -0.25) is 4.79 Å². The Balaban J connectivity index is 0.00000256. The molecule has 160 valence electrons. The fraction of sp³-hybridized carbons (Fsp3) is 0.350. The number of aromatic nitrogens is 1. The number of hydrogen-bond donors (Lipinski definition) is 1. The number of halogens is 1. The zero-order chi connectivity index (χ0) is 20.1. The van der Waals surface area contributed by atoms with E-state index in [0.29, 0.717) is 44.4 Å². The lowest BCUT2D eigenvalue weighted by atomic mass is 10.3. The molecule has 0 atom stereocenters. The molecule has 1 N–H and O–H groups in total. The Kier molecular flexibility index (Phi) is 7.91. The Morgan fingerprint density at radius 2 is 2.00 bits per heavy atom. The van der Waals surface area contributed by atoms with Crippen LogP contribution in [0, 0.1) is 0 Å². The Bertz CT molecular complexity index is 947. The number of oxazole rings is 1. The third-order valence-electron chi connectivity index (χ3n) is 4.61. The molecule has 1 aliphatic heterocycles. The van der Waals surface area contributed by atoms with Crippen molar-refractivity contribution in [3.05, 3.63) is 53.6 Å². The molecule has 0 aliphatic carbocycles. The molecule has 3 aromatic rings. The van der Waals surface area contributed by atoms with Gasteiger partial charge in [0.25, 0.3) is 5.91 Å². The molecule has 0 radical (unpaired) electrons. The lowest BCUT2D eigenvalue weighted by Gasteiger charge is -2.36. The standard InChI is InChI=1S/C20H23N5O3S.HI/c1-2-21-20(22-13-15-14-28-18(23-15)17-6-4-12-29-17)25-9-7-24(8-10-25)19(26)16-5-3-11-27-16;/h3-6,11-12,14H,2,7-10,13H2,1H3,(H,21,22);1H. The van der Waals surface area contributed by atoms with Crippen molar-refractivity contribution in [3.8, 4) is 10.8 Å². The summed E-state index contributed by atoms with van der Waals surface area (Å²) in [4.78, 5) is 26.6. The molecule has 8 nitrogen and oxygen atoms in total. The van der Waals surface area contributed by atoms with E-state index >= 15 is 0 Å². The molecule has 0 unspecified atom stereocenters. The molecular formula is C20H24IN5O3S. The number of hydrogen-bond acceptors (Lipinski definition) is 6. The summed E-state index contributed by atoms with van der Waals surface area (Å²) in [5.74, 6) is 1.76. The number of rotatable bonds is 5. The minimum Gasteiger partial charge on any atom is -0.459 e. The molecular weight excluding hydrogens is 517 g/mol. The van der Waals surface area contributed by atoms with E-state index in [1.165, 1.54) is 6.26 Å². The van der Waals surface area contributed by atoms with E-state index in [1.54, 1.807) is 29.7 Å². The average Bonchev–Trinajstić information content (AvgIpc) is 3.52. The van der Waals surface area contributed by atoms with Crippen molar-refractivity contribution in [2.75, 3.05) is 32.7 Å². The molecule has 0 saturated carbocycles. The van der Waals surface area contributed by atoms with Gasteiger partial charge in [-0.2, -0.15) is 0 Å². The Morgan fingerprint density at radius 3 is 2.67 bits per heavy atom. The first-order valence-electron chi connectivity index (χ1n) is 9.59. The summed E-state index contributed by atoms with van der Waals surface area (Å²) >= 11 is 1.59. The normalized spacial score (nSPS) is 14.5. The molecule has 4 heterocycles. The summed E-state index contributed by atoms with van der Waals surface area (Å²) in [5.41, 5.74) is 0.787. The maximum atomic E-state index is 12.4. The summed E-state index contributed by atoms with van der Waals surface area (Å²) in [6.07, 6.45) is 3.18. The Labute approximate surface area is 196 Å². The molecule has 4 rings (SSSR count). The second-order valence-electron chi connectivity index (χ2n) is 6.55. The zero-order valence-corrected chi connectivity index (χ0v) is 19.8. The molecule has 30 heavy (non-hydrogen) atoms. The fourth-order valence-corrected chi connectivity index (χ4v) is 3.81. The van der Waals surface area contributed by atoms with Crippen molar-refractivity contribution in [1.82, 2.24) is 20.1 Å². The second kappa shape index (κ2) is 10.6. The van der Waals surface area contributed by atoms with Crippen LogP contribution >= 0.6 is 35.3 Å². The van der Waals surface area contributed by atoms with Gasteiger partial charge in [0, 0.05) is 32.7 Å². The minimum atomic E-state index is -0.0692. The molecule has 0 aromatic carbocycles. The van der Waals surface area contributed by atoms with Gasteiger partial charge in [0.2, 0.25) is 5.89 Å². The van der Waals surface area contributed by atoms with Crippen LogP contribution in [0.25, 0.3) is 10.8 Å². The van der Waals surface area contributed by atoms with Gasteiger partial charge in [-0.15, -0.1) is 35.3 Å². The van der Waals surface area contributed by atoms with Crippen LogP contribution in [0.1, 0.15) is 23.2 Å². The molecule has 1 saturated heterocycles. The van der Waals surface area contributed by atoms with E-state index in [4.69, 9.17) is 13.8 Å². The highest BCUT2D eigenvalue weighted by molar-refractivity contribution is 14.0. The third-order valence-corrected chi connectivity index (χ3v) is 5.47. The minimum absolute atomic E-state index is 0. The van der Waals surface area contributed by atoms with E-state index in [2.05, 4.69) is 15.2 Å². The zero-order valence-electron chi connectivity index (χ0n) is 16.6. The smallest absolute Gasteiger partial charge is 0.289 e. The summed E-state index contributed by atoms with van der Waals surface area (Å²) in [7, 11) is 0. The van der Waals surface area contributed by atoms with Gasteiger partial charge >= 0.3 is 0 Å². The van der Waals surface area contributed by atoms with Crippen LogP contribution in [0.3, 0.4) is 0 Å². The number of thiophene rings is 1. The van der Waals surface area contributed by atoms with Gasteiger partial charge in [-0.05, 0) is 30.5 Å². The predicted molar refractivity (Wildman–Crippen MR) is 126 cm³/mol. The largest absolute Gasteiger partial charge is 0.459 e. The van der Waals surface area contributed by atoms with Crippen molar-refractivity contribution in [3.63, 3.8) is 0 Å². The second-order valence-corrected chi connectivity index (χ2v) is 7.50. The number of aliphatic imine (C=N–C) groups is 1. The van der Waals surface area contributed by atoms with Crippen LogP contribution in [-0.2, 0) is 6.54 Å². The lowest BCUT2D eigenvalue weighted by Crippen LogP contribution is -2.53. The van der Waals surface area contributed by atoms with E-state index in [1.807, 2.05) is 29.3 Å². The molecule has 0 spiro atoms. The van der Waals surface area contributed by atoms with Crippen molar-refractivity contribution < 1.29 is 13.6 Å². The van der Waals surface area contributed by atoms with Crippen LogP contribution in [0.4, 0.5) is 0 Å². The molecule has 1 fully saturated rings. The maximum absolute atomic E-state index is 12.4. The molecule has 1 aliphatic rings. The summed E-state index contributed by atoms with van der Waals surface area (Å²) in [6.45, 7) is 5.89. The van der Waals surface area contributed by atoms with Gasteiger partial charge in [0.1, 0.15) is 12.0 Å². The van der Waals surface area contributed by atoms with E-state index in [-0.39, 0.29) is 29.9 Å². The van der Waals surface area contributed by atoms with Crippen LogP contribution in [-0.4, -0.2) is 59.4 Å². The van der Waals surface area contributed by atoms with Crippen LogP contribution < -0.4 is 5.32 Å². The van der Waals surface area contributed by atoms with E-state index in [0.717, 1.165) is 23.1 Å². The quantitative estimate of drug-likeness (QED) is 0.302. The molecule has 0 bridgehead atoms. The van der Waals surface area contributed by atoms with E-state index in [9.17, 15) is 4.79 Å². The molecule has 10 heteroatoms. The van der Waals surface area contributed by atoms with Crippen LogP contribution in [0.2, 0.25) is 0 Å². The van der Waals surface area contributed by atoms with Gasteiger partial charge < -0.3 is 24.0 Å². The van der Waals surface area contributed by atoms with Crippen LogP contribution in [0.5, 0.6) is 0 Å². The number of nitrogens with zero attached hydrogens (tertiary/aromatic N) is 4. The number of nitrogens with one attached hydrogen (secondary N) is 1.